The van der Waals surface area contributed by atoms with Crippen molar-refractivity contribution >= 4 is 15.8 Å². The van der Waals surface area contributed by atoms with Gasteiger partial charge in [0.1, 0.15) is 4.90 Å². The van der Waals surface area contributed by atoms with Crippen LogP contribution < -0.4 is 10.5 Å². The second kappa shape index (κ2) is 6.28. The number of nitrogens with one attached hydrogen (secondary N) is 1. The number of rotatable bonds is 6. The van der Waals surface area contributed by atoms with Crippen molar-refractivity contribution in [1.82, 2.24) is 14.5 Å². The van der Waals surface area contributed by atoms with E-state index >= 15 is 0 Å². The smallest absolute Gasteiger partial charge is 0.246 e. The largest absolute Gasteiger partial charge is 0.381 e. The van der Waals surface area contributed by atoms with E-state index in [9.17, 15) is 8.42 Å². The number of nitrogens with two attached hydrogens (primary N) is 1. The summed E-state index contributed by atoms with van der Waals surface area (Å²) in [4.78, 5) is 0.0266. The zero-order chi connectivity index (χ0) is 15.5. The van der Waals surface area contributed by atoms with Crippen LogP contribution in [0.3, 0.4) is 0 Å². The van der Waals surface area contributed by atoms with E-state index in [1.165, 1.54) is 6.20 Å². The third-order valence-corrected chi connectivity index (χ3v) is 4.69. The van der Waals surface area contributed by atoms with Gasteiger partial charge in [0.05, 0.1) is 0 Å². The molecule has 0 saturated carbocycles. The standard InChI is InChI=1S/C14H20N4O2S/c1-3-9-18-10-13(14(15)16-18)21(19,20)17-11(2)12-7-5-4-6-8-12/h4-8,10-11,17H,3,9H2,1-2H3,(H2,15,16)/t11-/m0/s1. The summed E-state index contributed by atoms with van der Waals surface area (Å²) >= 11 is 0. The maximum atomic E-state index is 12.4. The molecule has 1 aromatic heterocycles. The molecule has 2 aromatic rings. The van der Waals surface area contributed by atoms with E-state index in [0.29, 0.717) is 6.54 Å². The van der Waals surface area contributed by atoms with Crippen LogP contribution in [-0.2, 0) is 16.6 Å². The van der Waals surface area contributed by atoms with Gasteiger partial charge in [-0.25, -0.2) is 13.1 Å². The van der Waals surface area contributed by atoms with E-state index in [2.05, 4.69) is 9.82 Å². The lowest BCUT2D eigenvalue weighted by atomic mass is 10.1. The van der Waals surface area contributed by atoms with Crippen molar-refractivity contribution in [3.8, 4) is 0 Å². The van der Waals surface area contributed by atoms with Gasteiger partial charge in [-0.3, -0.25) is 4.68 Å². The highest BCUT2D eigenvalue weighted by atomic mass is 32.2. The van der Waals surface area contributed by atoms with Crippen LogP contribution in [0.4, 0.5) is 5.82 Å². The normalized spacial score (nSPS) is 13.2. The highest BCUT2D eigenvalue weighted by Crippen LogP contribution is 2.20. The van der Waals surface area contributed by atoms with Crippen molar-refractivity contribution in [2.75, 3.05) is 5.73 Å². The molecule has 0 unspecified atom stereocenters. The summed E-state index contributed by atoms with van der Waals surface area (Å²) < 4.78 is 29.0. The van der Waals surface area contributed by atoms with Crippen molar-refractivity contribution in [3.63, 3.8) is 0 Å². The summed E-state index contributed by atoms with van der Waals surface area (Å²) in [5, 5.41) is 4.02. The van der Waals surface area contributed by atoms with Crippen LogP contribution >= 0.6 is 0 Å². The number of anilines is 1. The van der Waals surface area contributed by atoms with E-state index in [0.717, 1.165) is 12.0 Å². The Kier molecular flexibility index (Phi) is 4.64. The molecular formula is C14H20N4O2S. The molecule has 114 valence electrons. The minimum atomic E-state index is -3.69. The first kappa shape index (κ1) is 15.5. The average molecular weight is 308 g/mol. The number of sulfonamides is 1. The molecular weight excluding hydrogens is 288 g/mol. The van der Waals surface area contributed by atoms with Crippen molar-refractivity contribution in [2.24, 2.45) is 0 Å². The lowest BCUT2D eigenvalue weighted by Crippen LogP contribution is -2.27. The molecule has 1 heterocycles. The lowest BCUT2D eigenvalue weighted by Gasteiger charge is -2.13. The van der Waals surface area contributed by atoms with E-state index in [1.807, 2.05) is 37.3 Å². The molecule has 0 fully saturated rings. The molecule has 0 amide bonds. The van der Waals surface area contributed by atoms with Crippen LogP contribution in [0, 0.1) is 0 Å². The van der Waals surface area contributed by atoms with Gasteiger partial charge in [-0.15, -0.1) is 0 Å². The van der Waals surface area contributed by atoms with Gasteiger partial charge in [-0.1, -0.05) is 37.3 Å². The van der Waals surface area contributed by atoms with Crippen LogP contribution in [0.15, 0.2) is 41.4 Å². The second-order valence-corrected chi connectivity index (χ2v) is 6.58. The van der Waals surface area contributed by atoms with Gasteiger partial charge < -0.3 is 5.73 Å². The summed E-state index contributed by atoms with van der Waals surface area (Å²) in [6, 6.07) is 9.03. The molecule has 21 heavy (non-hydrogen) atoms. The SMILES string of the molecule is CCCn1cc(S(=O)(=O)N[C@@H](C)c2ccccc2)c(N)n1. The van der Waals surface area contributed by atoms with E-state index < -0.39 is 10.0 Å². The fourth-order valence-electron chi connectivity index (χ4n) is 2.07. The second-order valence-electron chi connectivity index (χ2n) is 4.90. The van der Waals surface area contributed by atoms with E-state index in [1.54, 1.807) is 11.6 Å². The molecule has 7 heteroatoms. The van der Waals surface area contributed by atoms with Crippen LogP contribution in [0.25, 0.3) is 0 Å². The number of aryl methyl sites for hydroxylation is 1. The average Bonchev–Trinajstić information content (AvgIpc) is 2.81. The summed E-state index contributed by atoms with van der Waals surface area (Å²) in [7, 11) is -3.69. The summed E-state index contributed by atoms with van der Waals surface area (Å²) in [5.41, 5.74) is 6.61. The molecule has 1 aromatic carbocycles. The van der Waals surface area contributed by atoms with Crippen LogP contribution in [0.5, 0.6) is 0 Å². The number of aromatic nitrogens is 2. The van der Waals surface area contributed by atoms with E-state index in [4.69, 9.17) is 5.73 Å². The lowest BCUT2D eigenvalue weighted by molar-refractivity contribution is 0.566. The molecule has 3 N–H and O–H groups in total. The van der Waals surface area contributed by atoms with Crippen molar-refractivity contribution < 1.29 is 8.42 Å². The van der Waals surface area contributed by atoms with Gasteiger partial charge >= 0.3 is 0 Å². The first-order valence-electron chi connectivity index (χ1n) is 6.84. The number of hydrogen-bond acceptors (Lipinski definition) is 4. The minimum absolute atomic E-state index is 0.0243. The van der Waals surface area contributed by atoms with Gasteiger partial charge in [-0.05, 0) is 18.9 Å². The Hall–Kier alpha value is -1.86. The zero-order valence-corrected chi connectivity index (χ0v) is 13.0. The topological polar surface area (TPSA) is 90.0 Å². The molecule has 0 aliphatic rings. The Morgan fingerprint density at radius 3 is 2.62 bits per heavy atom. The highest BCUT2D eigenvalue weighted by molar-refractivity contribution is 7.89. The fourth-order valence-corrected chi connectivity index (χ4v) is 3.38. The first-order valence-corrected chi connectivity index (χ1v) is 8.32. The van der Waals surface area contributed by atoms with Gasteiger partial charge in [0, 0.05) is 18.8 Å². The summed E-state index contributed by atoms with van der Waals surface area (Å²) in [6.45, 7) is 4.41. The molecule has 0 aliphatic carbocycles. The molecule has 0 saturated heterocycles. The molecule has 0 aliphatic heterocycles. The zero-order valence-electron chi connectivity index (χ0n) is 12.2. The van der Waals surface area contributed by atoms with Crippen LogP contribution in [-0.4, -0.2) is 18.2 Å². The maximum absolute atomic E-state index is 12.4. The Morgan fingerprint density at radius 1 is 1.33 bits per heavy atom. The molecule has 0 radical (unpaired) electrons. The number of hydrogen-bond donors (Lipinski definition) is 2. The summed E-state index contributed by atoms with van der Waals surface area (Å²) in [5.74, 6) is 0.0243. The molecule has 1 atom stereocenters. The van der Waals surface area contributed by atoms with Gasteiger partial charge in [-0.2, -0.15) is 5.10 Å². The predicted octanol–water partition coefficient (Wildman–Crippen LogP) is 1.91. The predicted molar refractivity (Wildman–Crippen MR) is 82.1 cm³/mol. The summed E-state index contributed by atoms with van der Waals surface area (Å²) in [6.07, 6.45) is 2.33. The highest BCUT2D eigenvalue weighted by Gasteiger charge is 2.23. The third kappa shape index (κ3) is 3.62. The number of benzene rings is 1. The van der Waals surface area contributed by atoms with Crippen molar-refractivity contribution in [3.05, 3.63) is 42.1 Å². The molecule has 6 nitrogen and oxygen atoms in total. The van der Waals surface area contributed by atoms with Gasteiger partial charge in [0.25, 0.3) is 0 Å². The maximum Gasteiger partial charge on any atom is 0.246 e. The van der Waals surface area contributed by atoms with Gasteiger partial charge in [0.15, 0.2) is 5.82 Å². The quantitative estimate of drug-likeness (QED) is 0.853. The fraction of sp³-hybridized carbons (Fsp3) is 0.357. The van der Waals surface area contributed by atoms with E-state index in [-0.39, 0.29) is 16.8 Å². The van der Waals surface area contributed by atoms with Crippen molar-refractivity contribution in [2.45, 2.75) is 37.8 Å². The monoisotopic (exact) mass is 308 g/mol. The molecule has 0 spiro atoms. The Morgan fingerprint density at radius 2 is 2.00 bits per heavy atom. The molecule has 2 rings (SSSR count). The Bertz CT molecular complexity index is 695. The third-order valence-electron chi connectivity index (χ3n) is 3.13. The van der Waals surface area contributed by atoms with Crippen LogP contribution in [0.2, 0.25) is 0 Å². The van der Waals surface area contributed by atoms with Crippen LogP contribution in [0.1, 0.15) is 31.9 Å². The number of nitrogen functional groups attached to an aromatic ring is 1. The molecule has 0 bridgehead atoms. The minimum Gasteiger partial charge on any atom is -0.381 e. The Balaban J connectivity index is 2.22. The first-order chi connectivity index (χ1) is 9.94. The van der Waals surface area contributed by atoms with Gasteiger partial charge in [0.2, 0.25) is 10.0 Å². The van der Waals surface area contributed by atoms with Crippen molar-refractivity contribution in [1.29, 1.82) is 0 Å². The Labute approximate surface area is 125 Å². The number of nitrogens with zero attached hydrogens (tertiary/aromatic N) is 2.